The van der Waals surface area contributed by atoms with Crippen LogP contribution in [-0.4, -0.2) is 53.6 Å². The molecule has 1 aliphatic rings. The molecule has 2 aromatic carbocycles. The Bertz CT molecular complexity index is 698. The van der Waals surface area contributed by atoms with Crippen molar-refractivity contribution in [2.45, 2.75) is 18.9 Å². The molecule has 1 heterocycles. The van der Waals surface area contributed by atoms with Crippen LogP contribution in [0.15, 0.2) is 54.6 Å². The number of carbonyl (C=O) groups is 1. The highest BCUT2D eigenvalue weighted by Gasteiger charge is 2.26. The summed E-state index contributed by atoms with van der Waals surface area (Å²) in [5.74, 6) is -0.712. The third-order valence-electron chi connectivity index (χ3n) is 4.94. The second kappa shape index (κ2) is 9.17. The van der Waals surface area contributed by atoms with Crippen molar-refractivity contribution < 1.29 is 9.90 Å². The van der Waals surface area contributed by atoms with Crippen LogP contribution in [0.2, 0.25) is 5.02 Å². The molecule has 0 bridgehead atoms. The number of benzene rings is 2. The fourth-order valence-electron chi connectivity index (χ4n) is 3.59. The number of hydrogen-bond acceptors (Lipinski definition) is 3. The van der Waals surface area contributed by atoms with Crippen LogP contribution < -0.4 is 0 Å². The van der Waals surface area contributed by atoms with Crippen molar-refractivity contribution in [2.75, 3.05) is 32.7 Å². The second-order valence-corrected chi connectivity index (χ2v) is 7.18. The van der Waals surface area contributed by atoms with Crippen molar-refractivity contribution >= 4 is 17.6 Å². The number of nitrogens with zero attached hydrogens (tertiary/aromatic N) is 2. The lowest BCUT2D eigenvalue weighted by Gasteiger charge is -2.39. The molecule has 1 saturated heterocycles. The van der Waals surface area contributed by atoms with Crippen molar-refractivity contribution in [3.63, 3.8) is 0 Å². The minimum atomic E-state index is -0.712. The molecule has 1 fully saturated rings. The normalized spacial score (nSPS) is 17.1. The van der Waals surface area contributed by atoms with E-state index in [-0.39, 0.29) is 12.5 Å². The van der Waals surface area contributed by atoms with E-state index in [0.717, 1.165) is 37.7 Å². The molecule has 138 valence electrons. The average Bonchev–Trinajstić information content (AvgIpc) is 2.65. The van der Waals surface area contributed by atoms with Gasteiger partial charge < -0.3 is 10.0 Å². The molecule has 5 heteroatoms. The van der Waals surface area contributed by atoms with Crippen molar-refractivity contribution in [2.24, 2.45) is 0 Å². The molecule has 0 radical (unpaired) electrons. The lowest BCUT2D eigenvalue weighted by Crippen LogP contribution is -2.48. The maximum absolute atomic E-state index is 10.7. The Hall–Kier alpha value is -1.88. The van der Waals surface area contributed by atoms with Crippen molar-refractivity contribution in [3.8, 4) is 0 Å². The Kier molecular flexibility index (Phi) is 6.67. The van der Waals surface area contributed by atoms with Gasteiger partial charge in [-0.15, -0.1) is 0 Å². The fourth-order valence-corrected chi connectivity index (χ4v) is 3.72. The van der Waals surface area contributed by atoms with E-state index in [2.05, 4.69) is 46.2 Å². The van der Waals surface area contributed by atoms with Gasteiger partial charge in [0.05, 0.1) is 6.04 Å². The van der Waals surface area contributed by atoms with Crippen LogP contribution in [-0.2, 0) is 4.79 Å². The first-order valence-electron chi connectivity index (χ1n) is 9.12. The van der Waals surface area contributed by atoms with Gasteiger partial charge in [0.25, 0.3) is 0 Å². The molecule has 0 spiro atoms. The van der Waals surface area contributed by atoms with E-state index < -0.39 is 5.97 Å². The Labute approximate surface area is 160 Å². The third kappa shape index (κ3) is 5.07. The summed E-state index contributed by atoms with van der Waals surface area (Å²) in [6.45, 7) is 4.73. The summed E-state index contributed by atoms with van der Waals surface area (Å²) in [6, 6.07) is 18.9. The van der Waals surface area contributed by atoms with Gasteiger partial charge in [0.15, 0.2) is 0 Å². The van der Waals surface area contributed by atoms with E-state index in [1.807, 2.05) is 18.2 Å². The fraction of sp³-hybridized carbons (Fsp3) is 0.381. The number of halogens is 1. The molecule has 0 aromatic heterocycles. The lowest BCUT2D eigenvalue weighted by atomic mass is 9.96. The van der Waals surface area contributed by atoms with Crippen LogP contribution in [0.4, 0.5) is 0 Å². The molecule has 0 aliphatic carbocycles. The highest BCUT2D eigenvalue weighted by atomic mass is 35.5. The van der Waals surface area contributed by atoms with Gasteiger partial charge in [-0.1, -0.05) is 54.1 Å². The van der Waals surface area contributed by atoms with E-state index in [1.165, 1.54) is 11.1 Å². The van der Waals surface area contributed by atoms with E-state index in [1.54, 1.807) is 0 Å². The molecule has 1 aliphatic heterocycles. The highest BCUT2D eigenvalue weighted by Crippen LogP contribution is 2.30. The lowest BCUT2D eigenvalue weighted by molar-refractivity contribution is -0.137. The largest absolute Gasteiger partial charge is 0.481 e. The monoisotopic (exact) mass is 372 g/mol. The summed E-state index contributed by atoms with van der Waals surface area (Å²) < 4.78 is 0. The van der Waals surface area contributed by atoms with Crippen LogP contribution in [0.1, 0.15) is 30.0 Å². The summed E-state index contributed by atoms with van der Waals surface area (Å²) in [6.07, 6.45) is 0.965. The van der Waals surface area contributed by atoms with Gasteiger partial charge in [0.1, 0.15) is 0 Å². The van der Waals surface area contributed by atoms with E-state index in [0.29, 0.717) is 6.42 Å². The van der Waals surface area contributed by atoms with Crippen LogP contribution in [0.5, 0.6) is 0 Å². The molecule has 26 heavy (non-hydrogen) atoms. The maximum atomic E-state index is 10.7. The molecule has 1 atom stereocenters. The first-order chi connectivity index (χ1) is 12.6. The molecule has 0 amide bonds. The maximum Gasteiger partial charge on any atom is 0.303 e. The second-order valence-electron chi connectivity index (χ2n) is 6.74. The molecule has 3 rings (SSSR count). The first-order valence-corrected chi connectivity index (χ1v) is 9.50. The van der Waals surface area contributed by atoms with Gasteiger partial charge >= 0.3 is 5.97 Å². The van der Waals surface area contributed by atoms with E-state index in [4.69, 9.17) is 16.7 Å². The number of aliphatic carboxylic acids is 1. The molecular weight excluding hydrogens is 348 g/mol. The summed E-state index contributed by atoms with van der Waals surface area (Å²) in [4.78, 5) is 15.6. The molecule has 2 aromatic rings. The van der Waals surface area contributed by atoms with Crippen LogP contribution in [0.3, 0.4) is 0 Å². The number of piperazine rings is 1. The Morgan fingerprint density at radius 2 is 1.58 bits per heavy atom. The predicted octanol–water partition coefficient (Wildman–Crippen LogP) is 3.91. The predicted molar refractivity (Wildman–Crippen MR) is 105 cm³/mol. The Balaban J connectivity index is 1.69. The van der Waals surface area contributed by atoms with Crippen molar-refractivity contribution in [1.29, 1.82) is 0 Å². The van der Waals surface area contributed by atoms with E-state index in [9.17, 15) is 4.79 Å². The number of carboxylic acid groups (broad SMARTS) is 1. The molecular formula is C21H25ClN2O2. The van der Waals surface area contributed by atoms with Gasteiger partial charge in [-0.2, -0.15) is 0 Å². The smallest absolute Gasteiger partial charge is 0.303 e. The summed E-state index contributed by atoms with van der Waals surface area (Å²) in [5.41, 5.74) is 2.54. The topological polar surface area (TPSA) is 43.8 Å². The minimum absolute atomic E-state index is 0.217. The zero-order valence-electron chi connectivity index (χ0n) is 14.9. The van der Waals surface area contributed by atoms with Crippen LogP contribution in [0.25, 0.3) is 0 Å². The third-order valence-corrected chi connectivity index (χ3v) is 5.19. The number of carboxylic acids is 1. The SMILES string of the molecule is O=C(O)CCCN1CCN(C(c2ccccc2)c2ccc(Cl)cc2)CC1. The van der Waals surface area contributed by atoms with Gasteiger partial charge in [-0.3, -0.25) is 9.69 Å². The molecule has 4 nitrogen and oxygen atoms in total. The standard InChI is InChI=1S/C21H25ClN2O2/c22-19-10-8-18(9-11-19)21(17-5-2-1-3-6-17)24-15-13-23(14-16-24)12-4-7-20(25)26/h1-3,5-6,8-11,21H,4,7,12-16H2,(H,25,26). The van der Waals surface area contributed by atoms with Crippen molar-refractivity contribution in [3.05, 3.63) is 70.7 Å². The average molecular weight is 373 g/mol. The number of rotatable bonds is 7. The summed E-state index contributed by atoms with van der Waals surface area (Å²) in [5, 5.41) is 9.55. The molecule has 1 N–H and O–H groups in total. The molecule has 0 saturated carbocycles. The number of hydrogen-bond donors (Lipinski definition) is 1. The van der Waals surface area contributed by atoms with Gasteiger partial charge in [0.2, 0.25) is 0 Å². The van der Waals surface area contributed by atoms with Crippen LogP contribution >= 0.6 is 11.6 Å². The minimum Gasteiger partial charge on any atom is -0.481 e. The van der Waals surface area contributed by atoms with Crippen LogP contribution in [0, 0.1) is 0 Å². The first kappa shape index (κ1) is 18.9. The Morgan fingerprint density at radius 1 is 0.962 bits per heavy atom. The Morgan fingerprint density at radius 3 is 2.19 bits per heavy atom. The van der Waals surface area contributed by atoms with Gasteiger partial charge in [-0.25, -0.2) is 0 Å². The zero-order valence-corrected chi connectivity index (χ0v) is 15.6. The van der Waals surface area contributed by atoms with Crippen molar-refractivity contribution in [1.82, 2.24) is 9.80 Å². The summed E-state index contributed by atoms with van der Waals surface area (Å²) in [7, 11) is 0. The molecule has 1 unspecified atom stereocenters. The van der Waals surface area contributed by atoms with Gasteiger partial charge in [0, 0.05) is 37.6 Å². The quantitative estimate of drug-likeness (QED) is 0.800. The summed E-state index contributed by atoms with van der Waals surface area (Å²) >= 11 is 6.08. The zero-order chi connectivity index (χ0) is 18.4. The van der Waals surface area contributed by atoms with E-state index >= 15 is 0 Å². The van der Waals surface area contributed by atoms with Gasteiger partial charge in [-0.05, 0) is 36.2 Å². The highest BCUT2D eigenvalue weighted by molar-refractivity contribution is 6.30.